The minimum atomic E-state index is 0. The second-order valence-corrected chi connectivity index (χ2v) is 19.3. The van der Waals surface area contributed by atoms with E-state index < -0.39 is 0 Å². The van der Waals surface area contributed by atoms with Crippen LogP contribution in [0.5, 0.6) is 0 Å². The van der Waals surface area contributed by atoms with Gasteiger partial charge >= 0.3 is 41.9 Å². The van der Waals surface area contributed by atoms with Gasteiger partial charge in [0.25, 0.3) is 0 Å². The van der Waals surface area contributed by atoms with Crippen LogP contribution in [0.4, 0.5) is 0 Å². The molecule has 1 atom stereocenters. The van der Waals surface area contributed by atoms with Crippen LogP contribution in [0, 0.1) is 12.0 Å². The van der Waals surface area contributed by atoms with Crippen LogP contribution < -0.4 is 24.8 Å². The number of hydrogen-bond acceptors (Lipinski definition) is 0. The van der Waals surface area contributed by atoms with Gasteiger partial charge in [-0.1, -0.05) is 121 Å². The molecule has 0 radical (unpaired) electrons. The van der Waals surface area contributed by atoms with Crippen molar-refractivity contribution in [3.63, 3.8) is 0 Å². The molecule has 3 aromatic carbocycles. The van der Waals surface area contributed by atoms with Crippen LogP contribution in [0.2, 0.25) is 13.1 Å². The molecule has 0 amide bonds. The van der Waals surface area contributed by atoms with E-state index in [2.05, 4.69) is 114 Å². The Labute approximate surface area is 261 Å². The fourth-order valence-corrected chi connectivity index (χ4v) is 4.97. The molecule has 4 rings (SSSR count). The van der Waals surface area contributed by atoms with Gasteiger partial charge in [0, 0.05) is 0 Å². The van der Waals surface area contributed by atoms with Gasteiger partial charge < -0.3 is 24.8 Å². The maximum Gasteiger partial charge on any atom is -0.0623 e. The van der Waals surface area contributed by atoms with Gasteiger partial charge in [-0.2, -0.15) is 11.1 Å². The number of hydrogen-bond donors (Lipinski definition) is 0. The van der Waals surface area contributed by atoms with Gasteiger partial charge in [0.2, 0.25) is 0 Å². The SMILES string of the molecule is CCCC1=[C-]C(CCC)C(CCC)=C1CCC.C[Si](C)=[Zr+2].[Cl-].[Cl-].c1ccc(-c2c[cH-]c3ccccc23)cc1. The number of allylic oxidation sites excluding steroid dienone is 4. The Morgan fingerprint density at radius 2 is 1.37 bits per heavy atom. The molecule has 4 heteroatoms. The summed E-state index contributed by atoms with van der Waals surface area (Å²) in [6.07, 6.45) is 14.0. The van der Waals surface area contributed by atoms with Crippen molar-refractivity contribution in [1.82, 2.24) is 0 Å². The van der Waals surface area contributed by atoms with Crippen molar-refractivity contribution < 1.29 is 48.1 Å². The molecule has 0 heterocycles. The Morgan fingerprint density at radius 3 is 1.95 bits per heavy atom. The molecule has 38 heavy (non-hydrogen) atoms. The van der Waals surface area contributed by atoms with Crippen molar-refractivity contribution in [2.45, 2.75) is 92.2 Å². The van der Waals surface area contributed by atoms with Gasteiger partial charge in [-0.25, -0.2) is 5.57 Å². The van der Waals surface area contributed by atoms with E-state index in [4.69, 9.17) is 0 Å². The molecule has 0 aromatic heterocycles. The topological polar surface area (TPSA) is 0 Å². The molecule has 0 fully saturated rings. The van der Waals surface area contributed by atoms with Gasteiger partial charge in [0.05, 0.1) is 0 Å². The number of fused-ring (bicyclic) bond motifs is 1. The molecule has 0 aliphatic heterocycles. The van der Waals surface area contributed by atoms with Crippen LogP contribution in [0.3, 0.4) is 0 Å². The largest absolute Gasteiger partial charge is 1.00 e. The monoisotopic (exact) mass is 642 g/mol. The quantitative estimate of drug-likeness (QED) is 0.231. The average molecular weight is 645 g/mol. The van der Waals surface area contributed by atoms with Crippen LogP contribution in [0.25, 0.3) is 21.9 Å². The summed E-state index contributed by atoms with van der Waals surface area (Å²) in [6, 6.07) is 23.4. The first-order valence-electron chi connectivity index (χ1n) is 14.0. The van der Waals surface area contributed by atoms with Gasteiger partial charge in [0.15, 0.2) is 0 Å². The van der Waals surface area contributed by atoms with Crippen molar-refractivity contribution in [2.75, 3.05) is 0 Å². The molecule has 0 saturated heterocycles. The third kappa shape index (κ3) is 11.8. The summed E-state index contributed by atoms with van der Waals surface area (Å²) >= 11 is 1.74. The first-order chi connectivity index (χ1) is 17.5. The van der Waals surface area contributed by atoms with Gasteiger partial charge in [-0.3, -0.25) is 6.08 Å². The zero-order chi connectivity index (χ0) is 26.3. The number of rotatable bonds is 9. The average Bonchev–Trinajstić information content (AvgIpc) is 3.43. The van der Waals surface area contributed by atoms with Gasteiger partial charge in [-0.05, 0) is 6.42 Å². The van der Waals surface area contributed by atoms with E-state index in [1.54, 1.807) is 40.1 Å². The Kier molecular flexibility index (Phi) is 20.6. The smallest absolute Gasteiger partial charge is 0.0623 e. The molecule has 1 aliphatic rings. The third-order valence-electron chi connectivity index (χ3n) is 6.38. The molecular weight excluding hydrogens is 599 g/mol. The van der Waals surface area contributed by atoms with Crippen LogP contribution in [-0.2, 0) is 23.3 Å². The minimum Gasteiger partial charge on any atom is -1.00 e. The predicted octanol–water partition coefficient (Wildman–Crippen LogP) is 4.86. The molecule has 1 aliphatic carbocycles. The molecule has 0 nitrogen and oxygen atoms in total. The molecule has 0 saturated carbocycles. The fourth-order valence-electron chi connectivity index (χ4n) is 4.97. The zero-order valence-corrected chi connectivity index (χ0v) is 29.3. The summed E-state index contributed by atoms with van der Waals surface area (Å²) in [7, 11) is 0. The zero-order valence-electron chi connectivity index (χ0n) is 24.3. The molecule has 0 bridgehead atoms. The molecule has 0 spiro atoms. The molecule has 1 unspecified atom stereocenters. The Balaban J connectivity index is 0.000000606. The Hall–Kier alpha value is -0.790. The van der Waals surface area contributed by atoms with Crippen LogP contribution >= 0.6 is 0 Å². The summed E-state index contributed by atoms with van der Waals surface area (Å²) in [5.74, 6) is 0.656. The summed E-state index contributed by atoms with van der Waals surface area (Å²) in [6.45, 7) is 13.8. The second kappa shape index (κ2) is 21.0. The summed E-state index contributed by atoms with van der Waals surface area (Å²) in [4.78, 5) is 0. The number of benzene rings is 2. The number of halogens is 2. The predicted molar refractivity (Wildman–Crippen MR) is 159 cm³/mol. The van der Waals surface area contributed by atoms with Crippen molar-refractivity contribution in [2.24, 2.45) is 5.92 Å². The van der Waals surface area contributed by atoms with Gasteiger partial charge in [0.1, 0.15) is 0 Å². The van der Waals surface area contributed by atoms with Crippen LogP contribution in [0.1, 0.15) is 79.1 Å². The second-order valence-electron chi connectivity index (χ2n) is 9.92. The summed E-state index contributed by atoms with van der Waals surface area (Å²) in [5, 5.41) is 2.65. The maximum absolute atomic E-state index is 3.81. The first-order valence-corrected chi connectivity index (χ1v) is 20.2. The van der Waals surface area contributed by atoms with Gasteiger partial charge in [-0.15, -0.1) is 46.7 Å². The van der Waals surface area contributed by atoms with E-state index in [9.17, 15) is 0 Å². The van der Waals surface area contributed by atoms with E-state index in [1.165, 1.54) is 73.3 Å². The fraction of sp³-hybridized carbons (Fsp3) is 0.441. The maximum atomic E-state index is 3.81. The summed E-state index contributed by atoms with van der Waals surface area (Å²) in [5.41, 5.74) is 7.82. The van der Waals surface area contributed by atoms with Crippen LogP contribution in [0.15, 0.2) is 83.4 Å². The first kappa shape index (κ1) is 37.2. The van der Waals surface area contributed by atoms with E-state index >= 15 is 0 Å². The van der Waals surface area contributed by atoms with E-state index in [-0.39, 0.29) is 30.2 Å². The molecule has 0 N–H and O–H groups in total. The van der Waals surface area contributed by atoms with E-state index in [0.29, 0.717) is 5.92 Å². The standard InChI is InChI=1S/C17H29.C15H11.C2H6Si.2ClH.Zr/c1-5-9-14-13-15(10-6-2)17(12-8-4)16(14)11-7-3;1-2-6-12(7-3-1)15-11-10-13-8-4-5-9-14(13)15;1-3-2;;;/h14H,5-12H2,1-4H3;1-11H;1-2H3;2*1H;/q2*-1;;;;+2/p-2. The molecular formula is C34H46Cl2SiZr-2. The van der Waals surface area contributed by atoms with Crippen molar-refractivity contribution in [3.05, 3.63) is 89.5 Å². The van der Waals surface area contributed by atoms with E-state index in [1.807, 2.05) is 0 Å². The Morgan fingerprint density at radius 1 is 0.789 bits per heavy atom. The minimum absolute atomic E-state index is 0. The van der Waals surface area contributed by atoms with Crippen LogP contribution in [-0.4, -0.2) is 5.43 Å². The van der Waals surface area contributed by atoms with Crippen molar-refractivity contribution in [3.8, 4) is 11.1 Å². The molecule has 3 aromatic rings. The third-order valence-corrected chi connectivity index (χ3v) is 6.38. The molecule has 206 valence electrons. The van der Waals surface area contributed by atoms with Crippen molar-refractivity contribution >= 4 is 16.2 Å². The van der Waals surface area contributed by atoms with E-state index in [0.717, 1.165) is 0 Å². The summed E-state index contributed by atoms with van der Waals surface area (Å²) < 4.78 is 0. The van der Waals surface area contributed by atoms with Crippen molar-refractivity contribution in [1.29, 1.82) is 0 Å². The Bertz CT molecular complexity index is 1120. The normalized spacial score (nSPS) is 13.9.